The lowest BCUT2D eigenvalue weighted by molar-refractivity contribution is -0.116. The van der Waals surface area contributed by atoms with Gasteiger partial charge in [0.05, 0.1) is 11.9 Å². The second-order valence-electron chi connectivity index (χ2n) is 5.82. The molecular formula is C17H21N3O4S2. The molecule has 0 saturated heterocycles. The minimum atomic E-state index is -3.39. The Morgan fingerprint density at radius 3 is 2.62 bits per heavy atom. The molecule has 0 bridgehead atoms. The summed E-state index contributed by atoms with van der Waals surface area (Å²) >= 11 is 1.45. The van der Waals surface area contributed by atoms with Gasteiger partial charge in [-0.25, -0.2) is 8.42 Å². The number of carbonyl (C=O) groups excluding carboxylic acids is 2. The number of hydrogen-bond donors (Lipinski definition) is 3. The maximum atomic E-state index is 12.0. The summed E-state index contributed by atoms with van der Waals surface area (Å²) in [5, 5.41) is 9.08. The fourth-order valence-corrected chi connectivity index (χ4v) is 3.43. The van der Waals surface area contributed by atoms with Gasteiger partial charge in [0.1, 0.15) is 0 Å². The molecule has 0 aliphatic rings. The lowest BCUT2D eigenvalue weighted by atomic mass is 10.2. The zero-order valence-electron chi connectivity index (χ0n) is 14.5. The Kier molecular flexibility index (Phi) is 6.76. The van der Waals surface area contributed by atoms with Crippen molar-refractivity contribution in [2.45, 2.75) is 19.8 Å². The van der Waals surface area contributed by atoms with Gasteiger partial charge in [0.2, 0.25) is 15.9 Å². The summed E-state index contributed by atoms with van der Waals surface area (Å²) in [4.78, 5) is 23.8. The molecule has 0 aliphatic heterocycles. The van der Waals surface area contributed by atoms with Gasteiger partial charge in [-0.1, -0.05) is 6.07 Å². The number of hydrogen-bond acceptors (Lipinski definition) is 5. The normalized spacial score (nSPS) is 11.0. The summed E-state index contributed by atoms with van der Waals surface area (Å²) in [5.41, 5.74) is 2.30. The van der Waals surface area contributed by atoms with Crippen molar-refractivity contribution in [3.63, 3.8) is 0 Å². The Morgan fingerprint density at radius 2 is 1.96 bits per heavy atom. The number of benzene rings is 1. The van der Waals surface area contributed by atoms with Crippen LogP contribution in [0.15, 0.2) is 35.0 Å². The first kappa shape index (κ1) is 19.9. The molecule has 0 spiro atoms. The number of rotatable bonds is 8. The van der Waals surface area contributed by atoms with Crippen LogP contribution in [0, 0.1) is 6.92 Å². The lowest BCUT2D eigenvalue weighted by Crippen LogP contribution is -2.25. The number of nitrogens with one attached hydrogen (secondary N) is 3. The summed E-state index contributed by atoms with van der Waals surface area (Å²) in [6.45, 7) is 2.17. The number of carbonyl (C=O) groups is 2. The van der Waals surface area contributed by atoms with Crippen molar-refractivity contribution in [3.8, 4) is 0 Å². The predicted molar refractivity (Wildman–Crippen MR) is 104 cm³/mol. The van der Waals surface area contributed by atoms with Crippen molar-refractivity contribution in [3.05, 3.63) is 46.2 Å². The largest absolute Gasteiger partial charge is 0.352 e. The van der Waals surface area contributed by atoms with Crippen LogP contribution in [0.1, 0.15) is 28.8 Å². The molecule has 0 atom stereocenters. The van der Waals surface area contributed by atoms with E-state index in [0.717, 1.165) is 11.8 Å². The molecule has 1 heterocycles. The minimum absolute atomic E-state index is 0.151. The van der Waals surface area contributed by atoms with Gasteiger partial charge in [-0.05, 0) is 42.5 Å². The molecular weight excluding hydrogens is 374 g/mol. The zero-order chi connectivity index (χ0) is 19.2. The van der Waals surface area contributed by atoms with Crippen molar-refractivity contribution in [2.24, 2.45) is 0 Å². The maximum Gasteiger partial charge on any atom is 0.252 e. The highest BCUT2D eigenvalue weighted by atomic mass is 32.2. The van der Waals surface area contributed by atoms with Crippen molar-refractivity contribution in [2.75, 3.05) is 22.8 Å². The van der Waals surface area contributed by atoms with Crippen LogP contribution in [0.4, 0.5) is 11.4 Å². The second kappa shape index (κ2) is 8.81. The molecule has 1 aromatic heterocycles. The average molecular weight is 396 g/mol. The third kappa shape index (κ3) is 6.49. The van der Waals surface area contributed by atoms with E-state index < -0.39 is 10.0 Å². The van der Waals surface area contributed by atoms with E-state index in [4.69, 9.17) is 0 Å². The zero-order valence-corrected chi connectivity index (χ0v) is 16.2. The van der Waals surface area contributed by atoms with Gasteiger partial charge in [0.25, 0.3) is 5.91 Å². The van der Waals surface area contributed by atoms with Gasteiger partial charge in [0, 0.05) is 29.6 Å². The van der Waals surface area contributed by atoms with Gasteiger partial charge in [0.15, 0.2) is 0 Å². The third-order valence-corrected chi connectivity index (χ3v) is 4.74. The highest BCUT2D eigenvalue weighted by Crippen LogP contribution is 2.21. The molecule has 1 aromatic carbocycles. The van der Waals surface area contributed by atoms with E-state index in [1.54, 1.807) is 36.6 Å². The van der Waals surface area contributed by atoms with E-state index >= 15 is 0 Å². The summed E-state index contributed by atoms with van der Waals surface area (Å²) in [7, 11) is -3.39. The molecule has 26 heavy (non-hydrogen) atoms. The van der Waals surface area contributed by atoms with E-state index in [0.29, 0.717) is 29.9 Å². The smallest absolute Gasteiger partial charge is 0.252 e. The number of sulfonamides is 1. The highest BCUT2D eigenvalue weighted by molar-refractivity contribution is 7.92. The van der Waals surface area contributed by atoms with Crippen molar-refractivity contribution < 1.29 is 18.0 Å². The van der Waals surface area contributed by atoms with Crippen LogP contribution in [0.25, 0.3) is 0 Å². The summed E-state index contributed by atoms with van der Waals surface area (Å²) in [6.07, 6.45) is 1.82. The predicted octanol–water partition coefficient (Wildman–Crippen LogP) is 2.58. The fraction of sp³-hybridized carbons (Fsp3) is 0.294. The van der Waals surface area contributed by atoms with Gasteiger partial charge in [-0.3, -0.25) is 14.3 Å². The van der Waals surface area contributed by atoms with E-state index in [9.17, 15) is 18.0 Å². The Labute approximate surface area is 156 Å². The number of thiophene rings is 1. The molecule has 0 unspecified atom stereocenters. The molecule has 2 aromatic rings. The van der Waals surface area contributed by atoms with Crippen molar-refractivity contribution in [1.29, 1.82) is 0 Å². The first-order valence-electron chi connectivity index (χ1n) is 7.93. The molecule has 0 saturated carbocycles. The fourth-order valence-electron chi connectivity index (χ4n) is 2.18. The van der Waals surface area contributed by atoms with E-state index in [2.05, 4.69) is 15.4 Å². The Morgan fingerprint density at radius 1 is 1.19 bits per heavy atom. The molecule has 2 rings (SSSR count). The van der Waals surface area contributed by atoms with E-state index in [1.807, 2.05) is 5.38 Å². The minimum Gasteiger partial charge on any atom is -0.352 e. The highest BCUT2D eigenvalue weighted by Gasteiger charge is 2.09. The first-order chi connectivity index (χ1) is 12.2. The van der Waals surface area contributed by atoms with Crippen molar-refractivity contribution in [1.82, 2.24) is 5.32 Å². The monoisotopic (exact) mass is 395 g/mol. The number of anilines is 2. The Hall–Kier alpha value is -2.39. The summed E-state index contributed by atoms with van der Waals surface area (Å²) in [5.74, 6) is -0.356. The van der Waals surface area contributed by atoms with Crippen LogP contribution >= 0.6 is 11.3 Å². The average Bonchev–Trinajstić information content (AvgIpc) is 3.08. The van der Waals surface area contributed by atoms with Gasteiger partial charge >= 0.3 is 0 Å². The summed E-state index contributed by atoms with van der Waals surface area (Å²) < 4.78 is 25.2. The standard InChI is InChI=1S/C17H21N3O4S2/c1-12-5-6-14(10-15(12)20-26(2,23)24)19-16(21)4-3-8-18-17(22)13-7-9-25-11-13/h5-7,9-11,20H,3-4,8H2,1-2H3,(H,18,22)(H,19,21). The van der Waals surface area contributed by atoms with Crippen molar-refractivity contribution >= 4 is 44.5 Å². The maximum absolute atomic E-state index is 12.0. The molecule has 2 amide bonds. The van der Waals surface area contributed by atoms with Crippen LogP contribution < -0.4 is 15.4 Å². The van der Waals surface area contributed by atoms with E-state index in [1.165, 1.54) is 11.3 Å². The lowest BCUT2D eigenvalue weighted by Gasteiger charge is -2.11. The van der Waals surface area contributed by atoms with E-state index in [-0.39, 0.29) is 18.2 Å². The number of amides is 2. The molecule has 3 N–H and O–H groups in total. The molecule has 9 heteroatoms. The van der Waals surface area contributed by atoms with Gasteiger partial charge in [-0.2, -0.15) is 11.3 Å². The van der Waals surface area contributed by atoms with Crippen LogP contribution in [0.5, 0.6) is 0 Å². The molecule has 0 aliphatic carbocycles. The molecule has 140 valence electrons. The number of aryl methyl sites for hydroxylation is 1. The van der Waals surface area contributed by atoms with Crippen LogP contribution in [-0.4, -0.2) is 33.0 Å². The second-order valence-corrected chi connectivity index (χ2v) is 8.35. The Balaban J connectivity index is 1.80. The van der Waals surface area contributed by atoms with Crippen LogP contribution in [-0.2, 0) is 14.8 Å². The quantitative estimate of drug-likeness (QED) is 0.598. The third-order valence-electron chi connectivity index (χ3n) is 3.47. The van der Waals surface area contributed by atoms with Gasteiger partial charge in [-0.15, -0.1) is 0 Å². The SMILES string of the molecule is Cc1ccc(NC(=O)CCCNC(=O)c2ccsc2)cc1NS(C)(=O)=O. The van der Waals surface area contributed by atoms with Crippen LogP contribution in [0.2, 0.25) is 0 Å². The topological polar surface area (TPSA) is 104 Å². The molecule has 0 radical (unpaired) electrons. The molecule has 0 fully saturated rings. The summed E-state index contributed by atoms with van der Waals surface area (Å²) in [6, 6.07) is 6.75. The van der Waals surface area contributed by atoms with Crippen LogP contribution in [0.3, 0.4) is 0 Å². The first-order valence-corrected chi connectivity index (χ1v) is 10.8. The molecule has 7 nitrogen and oxygen atoms in total. The Bertz CT molecular complexity index is 877. The van der Waals surface area contributed by atoms with Gasteiger partial charge < -0.3 is 10.6 Å².